The number of amides is 2. The Hall–Kier alpha value is -1.88. The van der Waals surface area contributed by atoms with Crippen LogP contribution in [-0.2, 0) is 15.1 Å². The van der Waals surface area contributed by atoms with Gasteiger partial charge in [0.25, 0.3) is 0 Å². The SMILES string of the molecule is Cc1csc(C(O)(CC(=O)N2CCCC(CN(C)C(=O)OC(C)(C)C)C2)C(F)(F)F)n1. The fourth-order valence-electron chi connectivity index (χ4n) is 3.41. The highest BCUT2D eigenvalue weighted by atomic mass is 32.1. The van der Waals surface area contributed by atoms with Gasteiger partial charge < -0.3 is 19.6 Å². The summed E-state index contributed by atoms with van der Waals surface area (Å²) >= 11 is 0.679. The van der Waals surface area contributed by atoms with Crippen molar-refractivity contribution >= 4 is 23.3 Å². The van der Waals surface area contributed by atoms with Gasteiger partial charge in [-0.05, 0) is 46.5 Å². The van der Waals surface area contributed by atoms with Crippen molar-refractivity contribution in [3.05, 3.63) is 16.1 Å². The first-order chi connectivity index (χ1) is 14.1. The zero-order valence-corrected chi connectivity index (χ0v) is 19.3. The van der Waals surface area contributed by atoms with Gasteiger partial charge in [0.05, 0.1) is 6.42 Å². The molecule has 176 valence electrons. The van der Waals surface area contributed by atoms with Crippen LogP contribution in [-0.4, -0.2) is 70.4 Å². The topological polar surface area (TPSA) is 83.0 Å². The van der Waals surface area contributed by atoms with E-state index in [9.17, 15) is 27.9 Å². The van der Waals surface area contributed by atoms with Gasteiger partial charge in [-0.1, -0.05) is 0 Å². The molecule has 0 aliphatic carbocycles. The molecule has 0 saturated carbocycles. The number of aryl methyl sites for hydroxylation is 1. The Bertz CT molecular complexity index is 793. The predicted octanol–water partition coefficient (Wildman–Crippen LogP) is 3.70. The number of likely N-dealkylation sites (tertiary alicyclic amines) is 1. The second-order valence-electron chi connectivity index (χ2n) is 9.04. The minimum Gasteiger partial charge on any atom is -0.444 e. The molecule has 0 bridgehead atoms. The van der Waals surface area contributed by atoms with Gasteiger partial charge in [0.15, 0.2) is 0 Å². The summed E-state index contributed by atoms with van der Waals surface area (Å²) in [6.07, 6.45) is -5.34. The van der Waals surface area contributed by atoms with Crippen molar-refractivity contribution in [2.45, 2.75) is 64.3 Å². The molecule has 0 radical (unpaired) electrons. The van der Waals surface area contributed by atoms with Crippen LogP contribution in [0.4, 0.5) is 18.0 Å². The van der Waals surface area contributed by atoms with Crippen LogP contribution in [0.2, 0.25) is 0 Å². The Morgan fingerprint density at radius 1 is 1.35 bits per heavy atom. The van der Waals surface area contributed by atoms with Gasteiger partial charge in [-0.2, -0.15) is 13.2 Å². The maximum Gasteiger partial charge on any atom is 0.424 e. The Morgan fingerprint density at radius 3 is 2.52 bits per heavy atom. The molecule has 2 heterocycles. The molecule has 1 aromatic rings. The van der Waals surface area contributed by atoms with Gasteiger partial charge in [-0.25, -0.2) is 9.78 Å². The molecule has 2 atom stereocenters. The third-order valence-corrected chi connectivity index (χ3v) is 6.07. The molecule has 7 nitrogen and oxygen atoms in total. The van der Waals surface area contributed by atoms with Crippen molar-refractivity contribution < 1.29 is 32.6 Å². The number of rotatable bonds is 5. The maximum atomic E-state index is 13.7. The van der Waals surface area contributed by atoms with E-state index in [1.54, 1.807) is 27.8 Å². The second kappa shape index (κ2) is 9.32. The Labute approximate surface area is 184 Å². The molecule has 0 aromatic carbocycles. The van der Waals surface area contributed by atoms with Crippen LogP contribution in [0.1, 0.15) is 50.7 Å². The van der Waals surface area contributed by atoms with Crippen LogP contribution in [0.15, 0.2) is 5.38 Å². The molecule has 31 heavy (non-hydrogen) atoms. The smallest absolute Gasteiger partial charge is 0.424 e. The van der Waals surface area contributed by atoms with Crippen LogP contribution in [0.5, 0.6) is 0 Å². The highest BCUT2D eigenvalue weighted by Crippen LogP contribution is 2.43. The number of carbonyl (C=O) groups excluding carboxylic acids is 2. The van der Waals surface area contributed by atoms with Crippen LogP contribution >= 0.6 is 11.3 Å². The van der Waals surface area contributed by atoms with E-state index in [-0.39, 0.29) is 12.5 Å². The number of halogens is 3. The summed E-state index contributed by atoms with van der Waals surface area (Å²) in [5.41, 5.74) is -3.63. The number of hydrogen-bond acceptors (Lipinski definition) is 6. The average molecular weight is 466 g/mol. The monoisotopic (exact) mass is 465 g/mol. The van der Waals surface area contributed by atoms with Crippen LogP contribution in [0.3, 0.4) is 0 Å². The fraction of sp³-hybridized carbons (Fsp3) is 0.750. The number of aromatic nitrogens is 1. The molecule has 1 aliphatic rings. The van der Waals surface area contributed by atoms with E-state index < -0.39 is 40.8 Å². The normalized spacial score (nSPS) is 19.6. The van der Waals surface area contributed by atoms with Crippen molar-refractivity contribution in [1.82, 2.24) is 14.8 Å². The zero-order chi connectivity index (χ0) is 23.6. The summed E-state index contributed by atoms with van der Waals surface area (Å²) in [5.74, 6) is -0.895. The number of thiazole rings is 1. The summed E-state index contributed by atoms with van der Waals surface area (Å²) in [7, 11) is 1.59. The molecule has 1 aromatic heterocycles. The summed E-state index contributed by atoms with van der Waals surface area (Å²) in [4.78, 5) is 31.4. The van der Waals surface area contributed by atoms with Gasteiger partial charge in [0, 0.05) is 37.8 Å². The summed E-state index contributed by atoms with van der Waals surface area (Å²) in [5, 5.41) is 11.3. The lowest BCUT2D eigenvalue weighted by atomic mass is 9.94. The van der Waals surface area contributed by atoms with Crippen molar-refractivity contribution in [1.29, 1.82) is 0 Å². The second-order valence-corrected chi connectivity index (χ2v) is 9.90. The van der Waals surface area contributed by atoms with Crippen molar-refractivity contribution in [2.75, 3.05) is 26.7 Å². The lowest BCUT2D eigenvalue weighted by Gasteiger charge is -2.37. The molecule has 2 unspecified atom stereocenters. The number of aliphatic hydroxyl groups is 1. The quantitative estimate of drug-likeness (QED) is 0.717. The van der Waals surface area contributed by atoms with Crippen LogP contribution < -0.4 is 0 Å². The van der Waals surface area contributed by atoms with Gasteiger partial charge in [-0.3, -0.25) is 4.79 Å². The first-order valence-corrected chi connectivity index (χ1v) is 10.9. The highest BCUT2D eigenvalue weighted by Gasteiger charge is 2.58. The average Bonchev–Trinajstić information content (AvgIpc) is 3.06. The molecular weight excluding hydrogens is 435 g/mol. The van der Waals surface area contributed by atoms with E-state index in [1.165, 1.54) is 22.1 Å². The Kier molecular flexibility index (Phi) is 7.63. The van der Waals surface area contributed by atoms with E-state index in [2.05, 4.69) is 4.98 Å². The molecule has 0 spiro atoms. The minimum absolute atomic E-state index is 0.101. The predicted molar refractivity (Wildman–Crippen MR) is 110 cm³/mol. The van der Waals surface area contributed by atoms with Gasteiger partial charge in [-0.15, -0.1) is 11.3 Å². The number of nitrogens with zero attached hydrogens (tertiary/aromatic N) is 3. The van der Waals surface area contributed by atoms with Crippen molar-refractivity contribution in [3.63, 3.8) is 0 Å². The van der Waals surface area contributed by atoms with Gasteiger partial charge >= 0.3 is 12.3 Å². The molecule has 1 aliphatic heterocycles. The molecule has 1 N–H and O–H groups in total. The minimum atomic E-state index is -5.04. The Balaban J connectivity index is 2.05. The summed E-state index contributed by atoms with van der Waals surface area (Å²) in [6, 6.07) is 0. The van der Waals surface area contributed by atoms with E-state index in [0.29, 0.717) is 36.5 Å². The number of hydrogen-bond donors (Lipinski definition) is 1. The lowest BCUT2D eigenvalue weighted by Crippen LogP contribution is -2.50. The zero-order valence-electron chi connectivity index (χ0n) is 18.5. The largest absolute Gasteiger partial charge is 0.444 e. The molecule has 2 amide bonds. The van der Waals surface area contributed by atoms with E-state index in [4.69, 9.17) is 4.74 Å². The molecule has 11 heteroatoms. The fourth-order valence-corrected chi connectivity index (χ4v) is 4.33. The highest BCUT2D eigenvalue weighted by molar-refractivity contribution is 7.09. The maximum absolute atomic E-state index is 13.7. The van der Waals surface area contributed by atoms with E-state index >= 15 is 0 Å². The third-order valence-electron chi connectivity index (χ3n) is 4.96. The summed E-state index contributed by atoms with van der Waals surface area (Å²) < 4.78 is 46.4. The number of ether oxygens (including phenoxy) is 1. The van der Waals surface area contributed by atoms with Crippen LogP contribution in [0, 0.1) is 12.8 Å². The number of carbonyl (C=O) groups is 2. The van der Waals surface area contributed by atoms with Gasteiger partial charge in [0.2, 0.25) is 11.5 Å². The first-order valence-electron chi connectivity index (χ1n) is 10.1. The first kappa shape index (κ1) is 25.4. The van der Waals surface area contributed by atoms with Crippen LogP contribution in [0.25, 0.3) is 0 Å². The van der Waals surface area contributed by atoms with E-state index in [1.807, 2.05) is 0 Å². The molecule has 1 saturated heterocycles. The van der Waals surface area contributed by atoms with Crippen molar-refractivity contribution in [2.24, 2.45) is 5.92 Å². The summed E-state index contributed by atoms with van der Waals surface area (Å²) in [6.45, 7) is 7.61. The van der Waals surface area contributed by atoms with Gasteiger partial charge in [0.1, 0.15) is 10.6 Å². The molecular formula is C20H30F3N3O4S. The molecule has 1 fully saturated rings. The molecule has 2 rings (SSSR count). The number of piperidine rings is 1. The van der Waals surface area contributed by atoms with E-state index in [0.717, 1.165) is 6.42 Å². The van der Waals surface area contributed by atoms with Crippen molar-refractivity contribution in [3.8, 4) is 0 Å². The third kappa shape index (κ3) is 6.55. The standard InChI is InChI=1S/C20H30F3N3O4S/c1-13-12-31-16(24-13)19(29,20(21,22)23)9-15(27)26-8-6-7-14(11-26)10-25(5)17(28)30-18(2,3)4/h12,14,29H,6-11H2,1-5H3. The number of alkyl halides is 3. The Morgan fingerprint density at radius 2 is 2.00 bits per heavy atom. The lowest BCUT2D eigenvalue weighted by molar-refractivity contribution is -0.268.